The third-order valence-corrected chi connectivity index (χ3v) is 3.46. The molecule has 1 saturated heterocycles. The molecular weight excluding hydrogens is 244 g/mol. The van der Waals surface area contributed by atoms with Crippen LogP contribution in [0.5, 0.6) is 0 Å². The van der Waals surface area contributed by atoms with Crippen LogP contribution in [0.3, 0.4) is 0 Å². The Hall–Kier alpha value is -1.69. The molecular formula is C13H20N4O2. The Balaban J connectivity index is 2.26. The summed E-state index contributed by atoms with van der Waals surface area (Å²) in [6, 6.07) is 2.14. The summed E-state index contributed by atoms with van der Waals surface area (Å²) in [6.45, 7) is 2.91. The summed E-state index contributed by atoms with van der Waals surface area (Å²) in [7, 11) is 1.32. The van der Waals surface area contributed by atoms with Crippen molar-refractivity contribution in [1.29, 1.82) is 0 Å². The Labute approximate surface area is 113 Å². The minimum atomic E-state index is -0.517. The molecule has 6 heteroatoms. The van der Waals surface area contributed by atoms with Gasteiger partial charge in [0.05, 0.1) is 7.11 Å². The number of ether oxygens (including phenoxy) is 1. The summed E-state index contributed by atoms with van der Waals surface area (Å²) >= 11 is 0. The van der Waals surface area contributed by atoms with Crippen molar-refractivity contribution >= 4 is 11.8 Å². The summed E-state index contributed by atoms with van der Waals surface area (Å²) in [6.07, 6.45) is 4.93. The number of carbonyl (C=O) groups is 1. The minimum Gasteiger partial charge on any atom is -0.463 e. The molecule has 0 aromatic carbocycles. The van der Waals surface area contributed by atoms with Crippen molar-refractivity contribution in [3.63, 3.8) is 0 Å². The molecule has 6 nitrogen and oxygen atoms in total. The zero-order valence-corrected chi connectivity index (χ0v) is 11.4. The van der Waals surface area contributed by atoms with Crippen molar-refractivity contribution < 1.29 is 9.53 Å². The molecule has 0 amide bonds. The van der Waals surface area contributed by atoms with E-state index in [0.717, 1.165) is 25.2 Å². The van der Waals surface area contributed by atoms with Crippen LogP contribution in [0.25, 0.3) is 0 Å². The molecule has 1 fully saturated rings. The highest BCUT2D eigenvalue weighted by Crippen LogP contribution is 2.24. The van der Waals surface area contributed by atoms with Crippen LogP contribution in [0.2, 0.25) is 0 Å². The fraction of sp³-hybridized carbons (Fsp3) is 0.615. The lowest BCUT2D eigenvalue weighted by Gasteiger charge is -2.38. The number of nitrogens with two attached hydrogens (primary N) is 1. The van der Waals surface area contributed by atoms with Crippen LogP contribution >= 0.6 is 0 Å². The maximum atomic E-state index is 11.5. The molecule has 1 aliphatic heterocycles. The van der Waals surface area contributed by atoms with Crippen LogP contribution in [-0.2, 0) is 4.74 Å². The van der Waals surface area contributed by atoms with E-state index in [1.54, 1.807) is 6.20 Å². The number of carbonyl (C=O) groups excluding carboxylic acids is 1. The first-order chi connectivity index (χ1) is 9.13. The van der Waals surface area contributed by atoms with E-state index in [9.17, 15) is 4.79 Å². The van der Waals surface area contributed by atoms with Crippen LogP contribution in [0.4, 0.5) is 5.82 Å². The van der Waals surface area contributed by atoms with Gasteiger partial charge in [-0.05, 0) is 32.3 Å². The van der Waals surface area contributed by atoms with Gasteiger partial charge in [0.2, 0.25) is 5.82 Å². The minimum absolute atomic E-state index is 0.0665. The average molecular weight is 264 g/mol. The summed E-state index contributed by atoms with van der Waals surface area (Å²) in [5.41, 5.74) is 6.04. The molecule has 0 aliphatic carbocycles. The molecule has 0 saturated carbocycles. The summed E-state index contributed by atoms with van der Waals surface area (Å²) in [5, 5.41) is 0. The number of methoxy groups -OCH3 is 1. The maximum Gasteiger partial charge on any atom is 0.376 e. The predicted octanol–water partition coefficient (Wildman–Crippen LogP) is 0.969. The van der Waals surface area contributed by atoms with Crippen LogP contribution in [0.1, 0.15) is 36.8 Å². The first-order valence-corrected chi connectivity index (χ1v) is 6.57. The topological polar surface area (TPSA) is 81.3 Å². The normalized spacial score (nSPS) is 21.0. The lowest BCUT2D eigenvalue weighted by atomic mass is 9.97. The second kappa shape index (κ2) is 5.97. The van der Waals surface area contributed by atoms with Crippen LogP contribution in [-0.4, -0.2) is 41.7 Å². The van der Waals surface area contributed by atoms with Crippen molar-refractivity contribution in [2.75, 3.05) is 18.6 Å². The molecule has 2 rings (SSSR count). The number of piperidine rings is 1. The van der Waals surface area contributed by atoms with E-state index >= 15 is 0 Å². The molecule has 2 N–H and O–H groups in total. The largest absolute Gasteiger partial charge is 0.463 e. The van der Waals surface area contributed by atoms with Gasteiger partial charge in [0, 0.05) is 24.8 Å². The number of nitrogens with zero attached hydrogens (tertiary/aromatic N) is 3. The molecule has 0 spiro atoms. The van der Waals surface area contributed by atoms with Gasteiger partial charge >= 0.3 is 5.97 Å². The standard InChI is InChI=1S/C13H20N4O2/c1-9(14)10-5-3-4-8-17(10)11-6-7-15-12(16-11)13(18)19-2/h6-7,9-10H,3-5,8,14H2,1-2H3. The molecule has 0 bridgehead atoms. The first kappa shape index (κ1) is 13.7. The van der Waals surface area contributed by atoms with E-state index in [-0.39, 0.29) is 17.9 Å². The van der Waals surface area contributed by atoms with Crippen LogP contribution in [0.15, 0.2) is 12.3 Å². The fourth-order valence-electron chi connectivity index (χ4n) is 2.49. The van der Waals surface area contributed by atoms with Gasteiger partial charge in [0.1, 0.15) is 5.82 Å². The molecule has 19 heavy (non-hydrogen) atoms. The third-order valence-electron chi connectivity index (χ3n) is 3.46. The van der Waals surface area contributed by atoms with Crippen molar-refractivity contribution in [2.45, 2.75) is 38.3 Å². The lowest BCUT2D eigenvalue weighted by molar-refractivity contribution is 0.0586. The lowest BCUT2D eigenvalue weighted by Crippen LogP contribution is -2.49. The number of rotatable bonds is 3. The Bertz CT molecular complexity index is 450. The molecule has 2 heterocycles. The van der Waals surface area contributed by atoms with E-state index in [0.29, 0.717) is 0 Å². The van der Waals surface area contributed by atoms with Gasteiger partial charge in [0.25, 0.3) is 0 Å². The highest BCUT2D eigenvalue weighted by Gasteiger charge is 2.27. The van der Waals surface area contributed by atoms with E-state index < -0.39 is 5.97 Å². The third kappa shape index (κ3) is 3.01. The summed E-state index contributed by atoms with van der Waals surface area (Å²) < 4.78 is 4.65. The second-order valence-corrected chi connectivity index (χ2v) is 4.85. The maximum absolute atomic E-state index is 11.5. The van der Waals surface area contributed by atoms with Crippen LogP contribution < -0.4 is 10.6 Å². The van der Waals surface area contributed by atoms with E-state index in [1.807, 2.05) is 13.0 Å². The smallest absolute Gasteiger partial charge is 0.376 e. The molecule has 2 unspecified atom stereocenters. The number of hydrogen-bond acceptors (Lipinski definition) is 6. The zero-order chi connectivity index (χ0) is 13.8. The van der Waals surface area contributed by atoms with Gasteiger partial charge in [-0.1, -0.05) is 0 Å². The molecule has 1 aromatic heterocycles. The summed E-state index contributed by atoms with van der Waals surface area (Å²) in [4.78, 5) is 21.9. The molecule has 1 aromatic rings. The SMILES string of the molecule is COC(=O)c1nccc(N2CCCCC2C(C)N)n1. The highest BCUT2D eigenvalue weighted by molar-refractivity contribution is 5.85. The Morgan fingerprint density at radius 3 is 3.05 bits per heavy atom. The average Bonchev–Trinajstić information content (AvgIpc) is 2.46. The Morgan fingerprint density at radius 1 is 1.58 bits per heavy atom. The van der Waals surface area contributed by atoms with Crippen LogP contribution in [0, 0.1) is 0 Å². The van der Waals surface area contributed by atoms with Crippen molar-refractivity contribution in [3.8, 4) is 0 Å². The van der Waals surface area contributed by atoms with Gasteiger partial charge in [0.15, 0.2) is 0 Å². The van der Waals surface area contributed by atoms with E-state index in [2.05, 4.69) is 19.6 Å². The summed E-state index contributed by atoms with van der Waals surface area (Å²) in [5.74, 6) is 0.322. The number of aromatic nitrogens is 2. The fourth-order valence-corrected chi connectivity index (χ4v) is 2.49. The Morgan fingerprint density at radius 2 is 2.37 bits per heavy atom. The van der Waals surface area contributed by atoms with Gasteiger partial charge < -0.3 is 15.4 Å². The van der Waals surface area contributed by atoms with Gasteiger partial charge in [-0.3, -0.25) is 0 Å². The monoisotopic (exact) mass is 264 g/mol. The quantitative estimate of drug-likeness (QED) is 0.819. The number of anilines is 1. The van der Waals surface area contributed by atoms with Crippen molar-refractivity contribution in [2.24, 2.45) is 5.73 Å². The van der Waals surface area contributed by atoms with Crippen molar-refractivity contribution in [3.05, 3.63) is 18.1 Å². The molecule has 2 atom stereocenters. The molecule has 1 aliphatic rings. The highest BCUT2D eigenvalue weighted by atomic mass is 16.5. The van der Waals surface area contributed by atoms with Crippen molar-refractivity contribution in [1.82, 2.24) is 9.97 Å². The second-order valence-electron chi connectivity index (χ2n) is 4.85. The zero-order valence-electron chi connectivity index (χ0n) is 11.4. The molecule has 104 valence electrons. The first-order valence-electron chi connectivity index (χ1n) is 6.57. The van der Waals surface area contributed by atoms with Gasteiger partial charge in [-0.2, -0.15) is 0 Å². The predicted molar refractivity (Wildman–Crippen MR) is 72.0 cm³/mol. The van der Waals surface area contributed by atoms with E-state index in [4.69, 9.17) is 5.73 Å². The van der Waals surface area contributed by atoms with Gasteiger partial charge in [-0.15, -0.1) is 0 Å². The van der Waals surface area contributed by atoms with E-state index in [1.165, 1.54) is 13.5 Å². The number of esters is 1. The number of hydrogen-bond donors (Lipinski definition) is 1. The van der Waals surface area contributed by atoms with Gasteiger partial charge in [-0.25, -0.2) is 14.8 Å². The Kier molecular flexibility index (Phi) is 4.31. The molecule has 0 radical (unpaired) electrons.